The Bertz CT molecular complexity index is 1390. The maximum absolute atomic E-state index is 14.2. The molecule has 1 N–H and O–H groups in total. The van der Waals surface area contributed by atoms with Crippen LogP contribution in [0.1, 0.15) is 17.7 Å². The van der Waals surface area contributed by atoms with E-state index in [4.69, 9.17) is 0 Å². The number of carbonyl (C=O) groups excluding carboxylic acids is 1. The van der Waals surface area contributed by atoms with E-state index in [0.717, 1.165) is 36.4 Å². The van der Waals surface area contributed by atoms with Crippen molar-refractivity contribution in [3.63, 3.8) is 0 Å². The Labute approximate surface area is 208 Å². The van der Waals surface area contributed by atoms with Gasteiger partial charge in [0.1, 0.15) is 11.9 Å². The molecular formula is C24H19F6N3O3S. The topological polar surface area (TPSA) is 79.4 Å². The first-order valence-corrected chi connectivity index (χ1v) is 12.3. The second kappa shape index (κ2) is 9.78. The van der Waals surface area contributed by atoms with Gasteiger partial charge < -0.3 is 5.32 Å². The average molecular weight is 543 g/mol. The van der Waals surface area contributed by atoms with Crippen LogP contribution >= 0.6 is 0 Å². The largest absolute Gasteiger partial charge is 0.416 e. The quantitative estimate of drug-likeness (QED) is 0.461. The number of nitrogens with zero attached hydrogens (tertiary/aromatic N) is 2. The van der Waals surface area contributed by atoms with E-state index in [1.807, 2.05) is 0 Å². The minimum Gasteiger partial charge on any atom is -0.349 e. The number of carbonyl (C=O) groups is 1. The smallest absolute Gasteiger partial charge is 0.349 e. The number of sulfonamides is 1. The molecule has 1 aliphatic heterocycles. The zero-order valence-corrected chi connectivity index (χ0v) is 19.7. The van der Waals surface area contributed by atoms with Crippen molar-refractivity contribution in [1.29, 1.82) is 0 Å². The van der Waals surface area contributed by atoms with Crippen molar-refractivity contribution >= 4 is 15.9 Å². The van der Waals surface area contributed by atoms with Crippen LogP contribution in [0.3, 0.4) is 0 Å². The van der Waals surface area contributed by atoms with Gasteiger partial charge >= 0.3 is 6.18 Å². The summed E-state index contributed by atoms with van der Waals surface area (Å²) in [4.78, 5) is 16.4. The van der Waals surface area contributed by atoms with Crippen LogP contribution in [0.4, 0.5) is 26.3 Å². The standard InChI is InChI=1S/C24H19F6N3O3S/c25-18-5-7-20(8-6-18)37(35,36)33-14-23(26,27)12-21(33)22(34)32-13-19-11-16(9-10-31-19)15-1-3-17(4-2-15)24(28,29)30/h1-11,21H,12-14H2,(H,32,34)/t21-/m0/s1. The summed E-state index contributed by atoms with van der Waals surface area (Å²) in [5.41, 5.74) is 0.408. The Morgan fingerprint density at radius 1 is 1.03 bits per heavy atom. The second-order valence-electron chi connectivity index (χ2n) is 8.41. The molecule has 2 aromatic carbocycles. The summed E-state index contributed by atoms with van der Waals surface area (Å²) in [5, 5.41) is 2.40. The van der Waals surface area contributed by atoms with Crippen LogP contribution in [0, 0.1) is 5.82 Å². The fourth-order valence-electron chi connectivity index (χ4n) is 3.91. The molecule has 0 spiro atoms. The summed E-state index contributed by atoms with van der Waals surface area (Å²) in [5.74, 6) is -5.16. The number of aromatic nitrogens is 1. The van der Waals surface area contributed by atoms with Gasteiger partial charge in [-0.25, -0.2) is 21.6 Å². The normalized spacial score (nSPS) is 18.1. The van der Waals surface area contributed by atoms with E-state index < -0.39 is 63.3 Å². The molecule has 0 unspecified atom stereocenters. The second-order valence-corrected chi connectivity index (χ2v) is 10.3. The van der Waals surface area contributed by atoms with E-state index in [-0.39, 0.29) is 12.2 Å². The van der Waals surface area contributed by atoms with Crippen LogP contribution in [0.5, 0.6) is 0 Å². The van der Waals surface area contributed by atoms with Crippen molar-refractivity contribution in [2.45, 2.75) is 36.0 Å². The van der Waals surface area contributed by atoms with Gasteiger partial charge in [-0.15, -0.1) is 0 Å². The summed E-state index contributed by atoms with van der Waals surface area (Å²) >= 11 is 0. The Balaban J connectivity index is 1.49. The number of pyridine rings is 1. The molecular weight excluding hydrogens is 524 g/mol. The number of rotatable bonds is 6. The molecule has 0 saturated carbocycles. The minimum atomic E-state index is -4.53. The van der Waals surface area contributed by atoms with E-state index >= 15 is 0 Å². The molecule has 1 amide bonds. The van der Waals surface area contributed by atoms with Gasteiger partial charge in [0.15, 0.2) is 0 Å². The summed E-state index contributed by atoms with van der Waals surface area (Å²) < 4.78 is 106. The fraction of sp³-hybridized carbons (Fsp3) is 0.250. The van der Waals surface area contributed by atoms with E-state index in [9.17, 15) is 39.6 Å². The minimum absolute atomic E-state index is 0.250. The molecule has 1 fully saturated rings. The van der Waals surface area contributed by atoms with Gasteiger partial charge in [-0.3, -0.25) is 9.78 Å². The predicted octanol–water partition coefficient (Wildman–Crippen LogP) is 4.62. The third-order valence-corrected chi connectivity index (χ3v) is 7.62. The summed E-state index contributed by atoms with van der Waals surface area (Å²) in [6, 6.07) is 9.31. The van der Waals surface area contributed by atoms with Gasteiger partial charge in [0.2, 0.25) is 15.9 Å². The lowest BCUT2D eigenvalue weighted by molar-refractivity contribution is -0.137. The van der Waals surface area contributed by atoms with Crippen molar-refractivity contribution in [2.24, 2.45) is 0 Å². The van der Waals surface area contributed by atoms with Crippen LogP contribution < -0.4 is 5.32 Å². The van der Waals surface area contributed by atoms with Gasteiger partial charge in [0.05, 0.1) is 29.2 Å². The van der Waals surface area contributed by atoms with E-state index in [1.165, 1.54) is 24.4 Å². The van der Waals surface area contributed by atoms with Crippen molar-refractivity contribution in [1.82, 2.24) is 14.6 Å². The van der Waals surface area contributed by atoms with Crippen molar-refractivity contribution in [3.8, 4) is 11.1 Å². The summed E-state index contributed by atoms with van der Waals surface area (Å²) in [7, 11) is -4.53. The average Bonchev–Trinajstić information content (AvgIpc) is 3.19. The van der Waals surface area contributed by atoms with Crippen molar-refractivity contribution in [2.75, 3.05) is 6.54 Å². The molecule has 1 aromatic heterocycles. The van der Waals surface area contributed by atoms with Crippen molar-refractivity contribution in [3.05, 3.63) is 83.9 Å². The first kappa shape index (κ1) is 26.6. The van der Waals surface area contributed by atoms with Gasteiger partial charge in [0.25, 0.3) is 5.92 Å². The molecule has 196 valence electrons. The lowest BCUT2D eigenvalue weighted by Gasteiger charge is -2.22. The molecule has 2 heterocycles. The molecule has 0 aliphatic carbocycles. The number of halogens is 6. The van der Waals surface area contributed by atoms with Gasteiger partial charge in [-0.1, -0.05) is 12.1 Å². The predicted molar refractivity (Wildman–Crippen MR) is 120 cm³/mol. The van der Waals surface area contributed by atoms with Crippen molar-refractivity contribution < 1.29 is 39.6 Å². The Morgan fingerprint density at radius 2 is 1.68 bits per heavy atom. The van der Waals surface area contributed by atoms with E-state index in [1.54, 1.807) is 6.07 Å². The van der Waals surface area contributed by atoms with Crippen LogP contribution in [0.25, 0.3) is 11.1 Å². The van der Waals surface area contributed by atoms with Crippen LogP contribution in [0.15, 0.2) is 71.8 Å². The van der Waals surface area contributed by atoms with Crippen LogP contribution in [-0.2, 0) is 27.5 Å². The Morgan fingerprint density at radius 3 is 2.30 bits per heavy atom. The fourth-order valence-corrected chi connectivity index (χ4v) is 5.52. The molecule has 37 heavy (non-hydrogen) atoms. The molecule has 1 saturated heterocycles. The first-order valence-electron chi connectivity index (χ1n) is 10.8. The molecule has 6 nitrogen and oxygen atoms in total. The maximum Gasteiger partial charge on any atom is 0.416 e. The van der Waals surface area contributed by atoms with Crippen LogP contribution in [0.2, 0.25) is 0 Å². The summed E-state index contributed by atoms with van der Waals surface area (Å²) in [6.07, 6.45) is -4.16. The molecule has 3 aromatic rings. The molecule has 0 radical (unpaired) electrons. The third kappa shape index (κ3) is 5.93. The number of nitrogens with one attached hydrogen (secondary N) is 1. The van der Waals surface area contributed by atoms with Crippen LogP contribution in [-0.4, -0.2) is 42.1 Å². The van der Waals surface area contributed by atoms with E-state index in [2.05, 4.69) is 10.3 Å². The third-order valence-electron chi connectivity index (χ3n) is 5.76. The Hall–Kier alpha value is -3.45. The molecule has 1 atom stereocenters. The number of alkyl halides is 5. The SMILES string of the molecule is O=C(NCc1cc(-c2ccc(C(F)(F)F)cc2)ccn1)[C@@H]1CC(F)(F)CN1S(=O)(=O)c1ccc(F)cc1. The molecule has 13 heteroatoms. The van der Waals surface area contributed by atoms with Gasteiger partial charge in [-0.2, -0.15) is 17.5 Å². The van der Waals surface area contributed by atoms with Gasteiger partial charge in [-0.05, 0) is 59.7 Å². The number of benzene rings is 2. The first-order chi connectivity index (χ1) is 17.3. The maximum atomic E-state index is 14.2. The zero-order chi connectivity index (χ0) is 27.0. The Kier molecular flexibility index (Phi) is 7.04. The molecule has 1 aliphatic rings. The monoisotopic (exact) mass is 543 g/mol. The highest BCUT2D eigenvalue weighted by atomic mass is 32.2. The molecule has 4 rings (SSSR count). The summed E-state index contributed by atoms with van der Waals surface area (Å²) in [6.45, 7) is -1.47. The number of hydrogen-bond acceptors (Lipinski definition) is 4. The van der Waals surface area contributed by atoms with E-state index in [0.29, 0.717) is 15.4 Å². The highest BCUT2D eigenvalue weighted by Gasteiger charge is 2.52. The number of hydrogen-bond donors (Lipinski definition) is 1. The van der Waals surface area contributed by atoms with Gasteiger partial charge in [0, 0.05) is 12.6 Å². The molecule has 0 bridgehead atoms. The highest BCUT2D eigenvalue weighted by Crippen LogP contribution is 2.36. The zero-order valence-electron chi connectivity index (χ0n) is 18.8. The lowest BCUT2D eigenvalue weighted by Crippen LogP contribution is -2.45. The number of amides is 1. The highest BCUT2D eigenvalue weighted by molar-refractivity contribution is 7.89. The lowest BCUT2D eigenvalue weighted by atomic mass is 10.0.